The Labute approximate surface area is 173 Å². The monoisotopic (exact) mass is 387 g/mol. The Balaban J connectivity index is 0.000000817. The maximum Gasteiger partial charge on any atom is 0.0722 e. The van der Waals surface area contributed by atoms with Crippen molar-refractivity contribution >= 4 is 17.2 Å². The summed E-state index contributed by atoms with van der Waals surface area (Å²) in [6.45, 7) is 16.9. The van der Waals surface area contributed by atoms with Crippen LogP contribution in [0.3, 0.4) is 0 Å². The van der Waals surface area contributed by atoms with Gasteiger partial charge in [0.15, 0.2) is 0 Å². The van der Waals surface area contributed by atoms with Crippen LogP contribution in [-0.4, -0.2) is 11.5 Å². The highest BCUT2D eigenvalue weighted by Crippen LogP contribution is 2.57. The first-order valence-electron chi connectivity index (χ1n) is 11.1. The standard InChI is InChI=1S/C22H33NS.C3H8/c1-15(2)17-7-9-19-18(13-17)8-10-20-21(4,14-23-16(3)24)11-6-12-22(19,20)5;1-3-2/h7,9,13,15,20H,6,8,10-12,14H2,1-5H3,(H,23,24);3H2,1-2H3/t20?,21?,22-;/m1./s1. The van der Waals surface area contributed by atoms with E-state index in [9.17, 15) is 0 Å². The lowest BCUT2D eigenvalue weighted by atomic mass is 9.49. The van der Waals surface area contributed by atoms with Crippen molar-refractivity contribution in [2.45, 2.75) is 98.3 Å². The molecule has 1 fully saturated rings. The van der Waals surface area contributed by atoms with Gasteiger partial charge < -0.3 is 5.32 Å². The molecule has 0 saturated heterocycles. The zero-order valence-corrected chi connectivity index (χ0v) is 19.6. The van der Waals surface area contributed by atoms with Crippen molar-refractivity contribution in [2.24, 2.45) is 11.3 Å². The number of hydrogen-bond donors (Lipinski definition) is 1. The molecule has 2 aliphatic carbocycles. The van der Waals surface area contributed by atoms with Crippen LogP contribution in [-0.2, 0) is 11.8 Å². The number of benzene rings is 1. The highest BCUT2D eigenvalue weighted by atomic mass is 32.1. The maximum absolute atomic E-state index is 5.28. The minimum atomic E-state index is 0.327. The van der Waals surface area contributed by atoms with Crippen LogP contribution >= 0.6 is 12.2 Å². The normalized spacial score (nSPS) is 29.3. The molecule has 2 heteroatoms. The van der Waals surface area contributed by atoms with Gasteiger partial charge in [-0.3, -0.25) is 0 Å². The van der Waals surface area contributed by atoms with Gasteiger partial charge in [-0.25, -0.2) is 0 Å². The van der Waals surface area contributed by atoms with Gasteiger partial charge in [0, 0.05) is 6.54 Å². The summed E-state index contributed by atoms with van der Waals surface area (Å²) in [7, 11) is 0. The largest absolute Gasteiger partial charge is 0.379 e. The Morgan fingerprint density at radius 1 is 1.22 bits per heavy atom. The Morgan fingerprint density at radius 3 is 2.48 bits per heavy atom. The molecule has 27 heavy (non-hydrogen) atoms. The Hall–Kier alpha value is -0.890. The summed E-state index contributed by atoms with van der Waals surface area (Å²) in [4.78, 5) is 0.932. The molecular formula is C25H41NS. The molecule has 0 radical (unpaired) electrons. The third kappa shape index (κ3) is 4.75. The van der Waals surface area contributed by atoms with Crippen molar-refractivity contribution in [1.82, 2.24) is 5.32 Å². The topological polar surface area (TPSA) is 12.0 Å². The second-order valence-electron chi connectivity index (χ2n) is 9.70. The van der Waals surface area contributed by atoms with E-state index in [1.165, 1.54) is 44.1 Å². The summed E-state index contributed by atoms with van der Waals surface area (Å²) in [5.41, 5.74) is 5.41. The summed E-state index contributed by atoms with van der Waals surface area (Å²) in [5.74, 6) is 1.37. The van der Waals surface area contributed by atoms with E-state index in [0.717, 1.165) is 17.5 Å². The average Bonchev–Trinajstić information content (AvgIpc) is 2.60. The van der Waals surface area contributed by atoms with Gasteiger partial charge in [-0.2, -0.15) is 0 Å². The molecule has 3 atom stereocenters. The number of aryl methyl sites for hydroxylation is 1. The van der Waals surface area contributed by atoms with E-state index >= 15 is 0 Å². The van der Waals surface area contributed by atoms with Crippen LogP contribution in [0.25, 0.3) is 0 Å². The Morgan fingerprint density at radius 2 is 1.89 bits per heavy atom. The third-order valence-corrected chi connectivity index (χ3v) is 7.05. The molecule has 0 heterocycles. The van der Waals surface area contributed by atoms with Gasteiger partial charge in [0.05, 0.1) is 4.99 Å². The molecule has 1 N–H and O–H groups in total. The van der Waals surface area contributed by atoms with E-state index in [1.807, 2.05) is 6.92 Å². The van der Waals surface area contributed by atoms with Gasteiger partial charge in [-0.15, -0.1) is 0 Å². The summed E-state index contributed by atoms with van der Waals surface area (Å²) in [6, 6.07) is 7.33. The third-order valence-electron chi connectivity index (χ3n) is 6.91. The number of rotatable bonds is 3. The van der Waals surface area contributed by atoms with Gasteiger partial charge in [-0.1, -0.05) is 84.8 Å². The fraction of sp³-hybridized carbons (Fsp3) is 0.720. The molecule has 1 aromatic carbocycles. The summed E-state index contributed by atoms with van der Waals surface area (Å²) in [5, 5.41) is 3.49. The molecular weight excluding hydrogens is 346 g/mol. The molecule has 0 bridgehead atoms. The molecule has 0 aliphatic heterocycles. The number of thiocarbonyl (C=S) groups is 1. The predicted octanol–water partition coefficient (Wildman–Crippen LogP) is 7.17. The van der Waals surface area contributed by atoms with Crippen molar-refractivity contribution in [3.05, 3.63) is 34.9 Å². The summed E-state index contributed by atoms with van der Waals surface area (Å²) >= 11 is 5.28. The molecule has 152 valence electrons. The van der Waals surface area contributed by atoms with Crippen LogP contribution in [0.4, 0.5) is 0 Å². The lowest BCUT2D eigenvalue weighted by molar-refractivity contribution is 0.0294. The van der Waals surface area contributed by atoms with Crippen LogP contribution in [0.1, 0.15) is 103 Å². The molecule has 1 saturated carbocycles. The Kier molecular flexibility index (Phi) is 7.53. The Bertz CT molecular complexity index is 650. The van der Waals surface area contributed by atoms with Crippen LogP contribution in [0, 0.1) is 11.3 Å². The van der Waals surface area contributed by atoms with Crippen molar-refractivity contribution in [3.63, 3.8) is 0 Å². The SMILES string of the molecule is CC(=S)NCC1(C)CCC[C@]2(C)c3ccc(C(C)C)cc3CCC12.CCC. The predicted molar refractivity (Wildman–Crippen MR) is 124 cm³/mol. The van der Waals surface area contributed by atoms with E-state index in [2.05, 4.69) is 65.1 Å². The zero-order chi connectivity index (χ0) is 20.2. The fourth-order valence-corrected chi connectivity index (χ4v) is 5.61. The number of hydrogen-bond acceptors (Lipinski definition) is 1. The minimum absolute atomic E-state index is 0.327. The minimum Gasteiger partial charge on any atom is -0.379 e. The van der Waals surface area contributed by atoms with Gasteiger partial charge >= 0.3 is 0 Å². The summed E-state index contributed by atoms with van der Waals surface area (Å²) < 4.78 is 0. The van der Waals surface area contributed by atoms with Crippen LogP contribution < -0.4 is 5.32 Å². The van der Waals surface area contributed by atoms with E-state index in [4.69, 9.17) is 12.2 Å². The molecule has 2 aliphatic rings. The maximum atomic E-state index is 5.28. The highest BCUT2D eigenvalue weighted by molar-refractivity contribution is 7.80. The van der Waals surface area contributed by atoms with E-state index in [0.29, 0.717) is 16.7 Å². The fourth-order valence-electron chi connectivity index (χ4n) is 5.54. The van der Waals surface area contributed by atoms with Gasteiger partial charge in [-0.05, 0) is 72.0 Å². The molecule has 0 aromatic heterocycles. The molecule has 2 unspecified atom stereocenters. The second kappa shape index (κ2) is 9.07. The lowest BCUT2D eigenvalue weighted by Gasteiger charge is -2.55. The van der Waals surface area contributed by atoms with Crippen LogP contribution in [0.5, 0.6) is 0 Å². The van der Waals surface area contributed by atoms with Crippen molar-refractivity contribution in [2.75, 3.05) is 6.54 Å². The van der Waals surface area contributed by atoms with Crippen molar-refractivity contribution in [1.29, 1.82) is 0 Å². The molecule has 0 spiro atoms. The van der Waals surface area contributed by atoms with Gasteiger partial charge in [0.1, 0.15) is 0 Å². The first kappa shape index (κ1) is 22.4. The van der Waals surface area contributed by atoms with Crippen molar-refractivity contribution in [3.8, 4) is 0 Å². The van der Waals surface area contributed by atoms with Gasteiger partial charge in [0.25, 0.3) is 0 Å². The molecule has 0 amide bonds. The number of fused-ring (bicyclic) bond motifs is 3. The van der Waals surface area contributed by atoms with Crippen molar-refractivity contribution < 1.29 is 0 Å². The zero-order valence-electron chi connectivity index (χ0n) is 18.7. The van der Waals surface area contributed by atoms with Crippen LogP contribution in [0.2, 0.25) is 0 Å². The smallest absolute Gasteiger partial charge is 0.0722 e. The van der Waals surface area contributed by atoms with Crippen LogP contribution in [0.15, 0.2) is 18.2 Å². The molecule has 3 rings (SSSR count). The first-order chi connectivity index (χ1) is 12.7. The van der Waals surface area contributed by atoms with Gasteiger partial charge in [0.2, 0.25) is 0 Å². The summed E-state index contributed by atoms with van der Waals surface area (Å²) in [6.07, 6.45) is 7.79. The quantitative estimate of drug-likeness (QED) is 0.551. The second-order valence-corrected chi connectivity index (χ2v) is 10.3. The molecule has 1 aromatic rings. The molecule has 1 nitrogen and oxygen atoms in total. The number of nitrogens with one attached hydrogen (secondary N) is 1. The average molecular weight is 388 g/mol. The lowest BCUT2D eigenvalue weighted by Crippen LogP contribution is -2.53. The van der Waals surface area contributed by atoms with E-state index < -0.39 is 0 Å². The first-order valence-corrected chi connectivity index (χ1v) is 11.5. The van der Waals surface area contributed by atoms with E-state index in [1.54, 1.807) is 11.1 Å². The highest BCUT2D eigenvalue weighted by Gasteiger charge is 2.51. The van der Waals surface area contributed by atoms with E-state index in [-0.39, 0.29) is 0 Å².